The summed E-state index contributed by atoms with van der Waals surface area (Å²) < 4.78 is 0. The van der Waals surface area contributed by atoms with Crippen molar-refractivity contribution in [1.82, 2.24) is 0 Å². The zero-order chi connectivity index (χ0) is 22.5. The van der Waals surface area contributed by atoms with Crippen LogP contribution in [0.25, 0.3) is 0 Å². The Labute approximate surface area is 185 Å². The molecule has 0 bridgehead atoms. The van der Waals surface area contributed by atoms with Gasteiger partial charge in [0.25, 0.3) is 0 Å². The maximum absolute atomic E-state index is 9.39. The van der Waals surface area contributed by atoms with Gasteiger partial charge in [0.2, 0.25) is 0 Å². The van der Waals surface area contributed by atoms with Crippen molar-refractivity contribution >= 4 is 46.2 Å². The van der Waals surface area contributed by atoms with Crippen LogP contribution in [-0.2, 0) is 0 Å². The first kappa shape index (κ1) is 23.4. The van der Waals surface area contributed by atoms with Gasteiger partial charge in [0.1, 0.15) is 33.5 Å². The zero-order valence-corrected chi connectivity index (χ0v) is 18.3. The fraction of sp³-hybridized carbons (Fsp3) is 0.300. The minimum Gasteiger partial charge on any atom is -0.508 e. The molecule has 0 heterocycles. The molecule has 0 amide bonds. The van der Waals surface area contributed by atoms with Crippen LogP contribution in [0.3, 0.4) is 0 Å². The monoisotopic (exact) mass is 450 g/mol. The summed E-state index contributed by atoms with van der Waals surface area (Å²) in [4.78, 5) is -1.09. The van der Waals surface area contributed by atoms with Crippen LogP contribution >= 0.6 is 23.2 Å². The maximum atomic E-state index is 9.39. The van der Waals surface area contributed by atoms with Crippen molar-refractivity contribution in [3.05, 3.63) is 48.5 Å². The van der Waals surface area contributed by atoms with Gasteiger partial charge in [-0.1, -0.05) is 0 Å². The van der Waals surface area contributed by atoms with E-state index in [2.05, 4.69) is 20.9 Å². The Bertz CT molecular complexity index is 929. The molecule has 1 unspecified atom stereocenters. The quantitative estimate of drug-likeness (QED) is 0.111. The molecule has 30 heavy (non-hydrogen) atoms. The van der Waals surface area contributed by atoms with Crippen LogP contribution in [0.15, 0.2) is 58.8 Å². The van der Waals surface area contributed by atoms with E-state index in [0.717, 1.165) is 0 Å². The molecule has 2 aromatic carbocycles. The maximum Gasteiger partial charge on any atom is 0.165 e. The third-order valence-electron chi connectivity index (χ3n) is 4.32. The topological polar surface area (TPSA) is 137 Å². The van der Waals surface area contributed by atoms with E-state index in [1.165, 1.54) is 24.3 Å². The van der Waals surface area contributed by atoms with Crippen molar-refractivity contribution < 1.29 is 10.2 Å². The van der Waals surface area contributed by atoms with Crippen molar-refractivity contribution in [2.24, 2.45) is 10.2 Å². The molecule has 0 saturated heterocycles. The highest BCUT2D eigenvalue weighted by Gasteiger charge is 2.39. The predicted molar refractivity (Wildman–Crippen MR) is 122 cm³/mol. The van der Waals surface area contributed by atoms with E-state index in [-0.39, 0.29) is 23.2 Å². The third kappa shape index (κ3) is 5.84. The van der Waals surface area contributed by atoms with Gasteiger partial charge >= 0.3 is 0 Å². The van der Waals surface area contributed by atoms with Crippen LogP contribution < -0.4 is 10.6 Å². The van der Waals surface area contributed by atoms with E-state index >= 15 is 0 Å². The first-order chi connectivity index (χ1) is 13.9. The van der Waals surface area contributed by atoms with Gasteiger partial charge in [-0.3, -0.25) is 10.8 Å². The summed E-state index contributed by atoms with van der Waals surface area (Å²) in [5.41, 5.74) is -1.31. The van der Waals surface area contributed by atoms with E-state index in [0.29, 0.717) is 11.4 Å². The molecule has 1 atom stereocenters. The molecule has 0 spiro atoms. The van der Waals surface area contributed by atoms with Crippen LogP contribution in [0.4, 0.5) is 11.4 Å². The number of hydrogen-bond donors (Lipinski definition) is 6. The number of rotatable bonds is 7. The molecule has 10 heteroatoms. The van der Waals surface area contributed by atoms with Crippen molar-refractivity contribution in [1.29, 1.82) is 10.8 Å². The molecule has 8 nitrogen and oxygen atoms in total. The number of amidine groups is 2. The number of benzene rings is 2. The number of aromatic hydroxyl groups is 2. The van der Waals surface area contributed by atoms with E-state index in [1.54, 1.807) is 45.0 Å². The largest absolute Gasteiger partial charge is 0.508 e. The Morgan fingerprint density at radius 1 is 0.800 bits per heavy atom. The average molecular weight is 451 g/mol. The van der Waals surface area contributed by atoms with Gasteiger partial charge in [-0.15, -0.1) is 23.2 Å². The molecule has 0 aliphatic heterocycles. The molecule has 0 saturated carbocycles. The lowest BCUT2D eigenvalue weighted by atomic mass is 10.0. The number of azo groups is 1. The van der Waals surface area contributed by atoms with Crippen LogP contribution in [-0.4, -0.2) is 37.8 Å². The fourth-order valence-corrected chi connectivity index (χ4v) is 2.44. The van der Waals surface area contributed by atoms with Crippen LogP contribution in [0.2, 0.25) is 0 Å². The summed E-state index contributed by atoms with van der Waals surface area (Å²) in [6, 6.07) is 12.4. The Hall–Kier alpha value is -2.84. The van der Waals surface area contributed by atoms with Crippen molar-refractivity contribution in [2.45, 2.75) is 36.7 Å². The summed E-state index contributed by atoms with van der Waals surface area (Å²) in [7, 11) is 0. The van der Waals surface area contributed by atoms with Crippen LogP contribution in [0.5, 0.6) is 11.5 Å². The zero-order valence-electron chi connectivity index (χ0n) is 16.7. The first-order valence-corrected chi connectivity index (χ1v) is 9.84. The number of alkyl halides is 2. The number of halogens is 2. The van der Waals surface area contributed by atoms with Crippen molar-refractivity contribution in [3.8, 4) is 11.5 Å². The van der Waals surface area contributed by atoms with Gasteiger partial charge < -0.3 is 20.8 Å². The molecular formula is C20H24Cl2N6O2. The van der Waals surface area contributed by atoms with Gasteiger partial charge in [0.15, 0.2) is 5.54 Å². The van der Waals surface area contributed by atoms with Gasteiger partial charge in [-0.05, 0) is 69.3 Å². The SMILES string of the molecule is CC(C)(N=NC(C)(C(=N)Nc1ccc(O)cc1)C(Cl)Cl)C(=N)Nc1ccc(O)cc1. The van der Waals surface area contributed by atoms with E-state index in [9.17, 15) is 10.2 Å². The normalized spacial score (nSPS) is 13.8. The molecule has 6 N–H and O–H groups in total. The molecule has 0 aromatic heterocycles. The number of phenols is 2. The number of nitrogens with one attached hydrogen (secondary N) is 4. The minimum absolute atomic E-state index is 0.0537. The summed E-state index contributed by atoms with van der Waals surface area (Å²) in [5.74, 6) is 0.180. The van der Waals surface area contributed by atoms with Crippen LogP contribution in [0, 0.1) is 10.8 Å². The van der Waals surface area contributed by atoms with E-state index in [1.807, 2.05) is 0 Å². The second-order valence-electron chi connectivity index (χ2n) is 7.30. The predicted octanol–water partition coefficient (Wildman–Crippen LogP) is 5.37. The fourth-order valence-electron chi connectivity index (χ4n) is 2.14. The molecule has 0 radical (unpaired) electrons. The standard InChI is InChI=1S/C20H24Cl2N6O2/c1-19(2,17(23)25-12-4-8-14(29)9-5-12)27-28-20(3,16(21)22)18(24)26-13-6-10-15(30)11-7-13/h4-11,16,29-30H,1-3H3,(H2,23,25)(H2,24,26). The minimum atomic E-state index is -1.41. The number of nitrogens with zero attached hydrogens (tertiary/aromatic N) is 2. The molecule has 0 fully saturated rings. The van der Waals surface area contributed by atoms with Crippen molar-refractivity contribution in [3.63, 3.8) is 0 Å². The van der Waals surface area contributed by atoms with Gasteiger partial charge in [0.05, 0.1) is 0 Å². The van der Waals surface area contributed by atoms with Crippen LogP contribution in [0.1, 0.15) is 20.8 Å². The van der Waals surface area contributed by atoms with E-state index in [4.69, 9.17) is 34.0 Å². The van der Waals surface area contributed by atoms with Gasteiger partial charge in [-0.2, -0.15) is 10.2 Å². The second kappa shape index (κ2) is 9.32. The summed E-state index contributed by atoms with van der Waals surface area (Å²) in [5, 5.41) is 49.7. The highest BCUT2D eigenvalue weighted by atomic mass is 35.5. The lowest BCUT2D eigenvalue weighted by Crippen LogP contribution is -2.44. The molecule has 0 aliphatic carbocycles. The average Bonchev–Trinajstić information content (AvgIpc) is 2.69. The Morgan fingerprint density at radius 2 is 1.20 bits per heavy atom. The lowest BCUT2D eigenvalue weighted by Gasteiger charge is -2.29. The second-order valence-corrected chi connectivity index (χ2v) is 8.40. The van der Waals surface area contributed by atoms with Crippen molar-refractivity contribution in [2.75, 3.05) is 10.6 Å². The molecule has 2 aromatic rings. The highest BCUT2D eigenvalue weighted by molar-refractivity contribution is 6.47. The number of phenolic OH excluding ortho intramolecular Hbond substituents is 2. The molecular weight excluding hydrogens is 427 g/mol. The van der Waals surface area contributed by atoms with Gasteiger partial charge in [0, 0.05) is 11.4 Å². The smallest absolute Gasteiger partial charge is 0.165 e. The summed E-state index contributed by atoms with van der Waals surface area (Å²) in [6.45, 7) is 4.92. The Kier molecular flexibility index (Phi) is 7.28. The lowest BCUT2D eigenvalue weighted by molar-refractivity contribution is 0.475. The number of hydrogen-bond acceptors (Lipinski definition) is 6. The third-order valence-corrected chi connectivity index (χ3v) is 5.17. The molecule has 160 valence electrons. The molecule has 2 rings (SSSR count). The highest BCUT2D eigenvalue weighted by Crippen LogP contribution is 2.29. The van der Waals surface area contributed by atoms with Gasteiger partial charge in [-0.25, -0.2) is 0 Å². The van der Waals surface area contributed by atoms with E-state index < -0.39 is 15.9 Å². The first-order valence-electron chi connectivity index (χ1n) is 8.96. The summed E-state index contributed by atoms with van der Waals surface area (Å²) in [6.07, 6.45) is 0. The number of anilines is 2. The summed E-state index contributed by atoms with van der Waals surface area (Å²) >= 11 is 12.2. The molecule has 0 aliphatic rings. The Balaban J connectivity index is 2.17. The Morgan fingerprint density at radius 3 is 1.60 bits per heavy atom.